The molecule has 0 unspecified atom stereocenters. The number of rotatable bonds is 5. The number of aryl methyl sites for hydroxylation is 1. The van der Waals surface area contributed by atoms with Gasteiger partial charge in [0.05, 0.1) is 15.5 Å². The lowest BCUT2D eigenvalue weighted by molar-refractivity contribution is -0.122. The van der Waals surface area contributed by atoms with Crippen molar-refractivity contribution in [1.29, 1.82) is 0 Å². The Morgan fingerprint density at radius 1 is 1.21 bits per heavy atom. The minimum Gasteiger partial charge on any atom is -0.350 e. The fraction of sp³-hybridized carbons (Fsp3) is 0.150. The summed E-state index contributed by atoms with van der Waals surface area (Å²) in [6.45, 7) is 1.92. The highest BCUT2D eigenvalue weighted by molar-refractivity contribution is 8.18. The van der Waals surface area contributed by atoms with Crippen molar-refractivity contribution >= 4 is 46.5 Å². The Labute approximate surface area is 170 Å². The minimum atomic E-state index is -0.739. The van der Waals surface area contributed by atoms with Crippen LogP contribution in [-0.2, 0) is 4.79 Å². The molecule has 1 N–H and O–H groups in total. The Morgan fingerprint density at radius 3 is 2.61 bits per heavy atom. The summed E-state index contributed by atoms with van der Waals surface area (Å²) in [4.78, 5) is 38.1. The van der Waals surface area contributed by atoms with E-state index in [1.54, 1.807) is 6.08 Å². The highest BCUT2D eigenvalue weighted by Gasteiger charge is 2.34. The molecule has 8 heteroatoms. The first-order valence-corrected chi connectivity index (χ1v) is 9.60. The summed E-state index contributed by atoms with van der Waals surface area (Å²) in [5, 5.41) is 2.06. The number of hydrogen-bond donors (Lipinski definition) is 1. The van der Waals surface area contributed by atoms with Gasteiger partial charge in [-0.15, -0.1) is 0 Å². The lowest BCUT2D eigenvalue weighted by Gasteiger charge is -2.13. The van der Waals surface area contributed by atoms with Crippen LogP contribution in [0.4, 0.5) is 9.18 Å². The summed E-state index contributed by atoms with van der Waals surface area (Å²) in [6.07, 6.45) is 1.65. The summed E-state index contributed by atoms with van der Waals surface area (Å²) < 4.78 is 13.8. The molecular formula is C20H16ClFN2O3S. The first-order valence-electron chi connectivity index (χ1n) is 8.41. The van der Waals surface area contributed by atoms with Gasteiger partial charge >= 0.3 is 0 Å². The molecule has 28 heavy (non-hydrogen) atoms. The minimum absolute atomic E-state index is 0.00954. The topological polar surface area (TPSA) is 66.5 Å². The summed E-state index contributed by atoms with van der Waals surface area (Å²) in [7, 11) is 0. The van der Waals surface area contributed by atoms with Gasteiger partial charge in [-0.1, -0.05) is 47.5 Å². The first kappa shape index (κ1) is 20.1. The van der Waals surface area contributed by atoms with Gasteiger partial charge in [0, 0.05) is 13.1 Å². The summed E-state index contributed by atoms with van der Waals surface area (Å²) in [5.41, 5.74) is 1.65. The number of imide groups is 1. The van der Waals surface area contributed by atoms with Gasteiger partial charge < -0.3 is 5.32 Å². The molecule has 0 radical (unpaired) electrons. The van der Waals surface area contributed by atoms with Crippen molar-refractivity contribution in [2.24, 2.45) is 0 Å². The van der Waals surface area contributed by atoms with Crippen molar-refractivity contribution in [2.75, 3.05) is 13.1 Å². The molecule has 0 atom stereocenters. The van der Waals surface area contributed by atoms with Crippen molar-refractivity contribution in [2.45, 2.75) is 6.92 Å². The molecular weight excluding hydrogens is 403 g/mol. The Kier molecular flexibility index (Phi) is 6.16. The molecule has 2 aromatic carbocycles. The number of thioether (sulfide) groups is 1. The van der Waals surface area contributed by atoms with Crippen LogP contribution in [0.5, 0.6) is 0 Å². The number of benzene rings is 2. The van der Waals surface area contributed by atoms with Crippen LogP contribution in [0.25, 0.3) is 6.08 Å². The van der Waals surface area contributed by atoms with Crippen LogP contribution >= 0.6 is 23.4 Å². The Bertz CT molecular complexity index is 956. The molecule has 0 aromatic heterocycles. The molecule has 0 spiro atoms. The third kappa shape index (κ3) is 4.43. The normalized spacial score (nSPS) is 15.4. The third-order valence-corrected chi connectivity index (χ3v) is 5.28. The second-order valence-corrected chi connectivity index (χ2v) is 7.50. The quantitative estimate of drug-likeness (QED) is 0.737. The lowest BCUT2D eigenvalue weighted by atomic mass is 10.1. The molecule has 144 valence electrons. The third-order valence-electron chi connectivity index (χ3n) is 4.06. The maximum absolute atomic E-state index is 13.8. The van der Waals surface area contributed by atoms with E-state index in [0.717, 1.165) is 33.9 Å². The van der Waals surface area contributed by atoms with E-state index in [-0.39, 0.29) is 23.7 Å². The number of hydrogen-bond acceptors (Lipinski definition) is 4. The average molecular weight is 419 g/mol. The lowest BCUT2D eigenvalue weighted by Crippen LogP contribution is -2.37. The van der Waals surface area contributed by atoms with E-state index < -0.39 is 22.9 Å². The second kappa shape index (κ2) is 8.58. The van der Waals surface area contributed by atoms with Gasteiger partial charge in [-0.2, -0.15) is 0 Å². The predicted molar refractivity (Wildman–Crippen MR) is 108 cm³/mol. The Balaban J connectivity index is 1.62. The fourth-order valence-corrected chi connectivity index (χ4v) is 3.71. The molecule has 0 saturated carbocycles. The van der Waals surface area contributed by atoms with Crippen molar-refractivity contribution in [3.05, 3.63) is 74.9 Å². The maximum atomic E-state index is 13.8. The molecule has 2 aromatic rings. The van der Waals surface area contributed by atoms with E-state index in [1.807, 2.05) is 31.2 Å². The van der Waals surface area contributed by atoms with Gasteiger partial charge in [-0.05, 0) is 42.5 Å². The molecule has 1 aliphatic heterocycles. The number of amides is 3. The molecule has 0 aliphatic carbocycles. The van der Waals surface area contributed by atoms with Crippen LogP contribution in [-0.4, -0.2) is 35.0 Å². The summed E-state index contributed by atoms with van der Waals surface area (Å²) in [5.74, 6) is -1.86. The van der Waals surface area contributed by atoms with E-state index in [2.05, 4.69) is 5.32 Å². The zero-order valence-electron chi connectivity index (χ0n) is 14.9. The number of carbonyl (C=O) groups is 3. The van der Waals surface area contributed by atoms with Crippen molar-refractivity contribution < 1.29 is 18.8 Å². The molecule has 3 rings (SSSR count). The Morgan fingerprint density at radius 2 is 1.93 bits per heavy atom. The monoisotopic (exact) mass is 418 g/mol. The van der Waals surface area contributed by atoms with E-state index in [0.29, 0.717) is 4.91 Å². The van der Waals surface area contributed by atoms with Crippen LogP contribution in [0, 0.1) is 12.7 Å². The Hall–Kier alpha value is -2.64. The van der Waals surface area contributed by atoms with Gasteiger partial charge in [0.25, 0.3) is 17.1 Å². The average Bonchev–Trinajstić information content (AvgIpc) is 2.91. The number of carbonyl (C=O) groups excluding carboxylic acids is 3. The van der Waals surface area contributed by atoms with E-state index in [1.165, 1.54) is 12.1 Å². The van der Waals surface area contributed by atoms with E-state index in [4.69, 9.17) is 11.6 Å². The maximum Gasteiger partial charge on any atom is 0.293 e. The molecule has 5 nitrogen and oxygen atoms in total. The standard InChI is InChI=1S/C20H16ClFN2O3S/c1-12-5-7-13(8-6-12)11-16-19(26)24(20(27)28-16)10-9-23-18(25)17-14(21)3-2-4-15(17)22/h2-8,11H,9-10H2,1H3,(H,23,25)/b16-11-. The molecule has 1 heterocycles. The van der Waals surface area contributed by atoms with Gasteiger partial charge in [-0.25, -0.2) is 4.39 Å². The molecule has 0 bridgehead atoms. The van der Waals surface area contributed by atoms with Crippen molar-refractivity contribution in [1.82, 2.24) is 10.2 Å². The fourth-order valence-electron chi connectivity index (χ4n) is 2.59. The van der Waals surface area contributed by atoms with Crippen molar-refractivity contribution in [3.8, 4) is 0 Å². The molecule has 1 fully saturated rings. The highest BCUT2D eigenvalue weighted by Crippen LogP contribution is 2.31. The highest BCUT2D eigenvalue weighted by atomic mass is 35.5. The zero-order chi connectivity index (χ0) is 20.3. The second-order valence-electron chi connectivity index (χ2n) is 6.10. The summed E-state index contributed by atoms with van der Waals surface area (Å²) in [6, 6.07) is 11.5. The van der Waals surface area contributed by atoms with E-state index in [9.17, 15) is 18.8 Å². The van der Waals surface area contributed by atoms with Gasteiger partial charge in [0.2, 0.25) is 0 Å². The van der Waals surface area contributed by atoms with Crippen LogP contribution in [0.1, 0.15) is 21.5 Å². The molecule has 1 saturated heterocycles. The van der Waals surface area contributed by atoms with Crippen molar-refractivity contribution in [3.63, 3.8) is 0 Å². The van der Waals surface area contributed by atoms with Crippen LogP contribution < -0.4 is 5.32 Å². The van der Waals surface area contributed by atoms with Gasteiger partial charge in [0.1, 0.15) is 5.82 Å². The largest absolute Gasteiger partial charge is 0.350 e. The number of halogens is 2. The summed E-state index contributed by atoms with van der Waals surface area (Å²) >= 11 is 6.70. The smallest absolute Gasteiger partial charge is 0.293 e. The van der Waals surface area contributed by atoms with Gasteiger partial charge in [-0.3, -0.25) is 19.3 Å². The first-order chi connectivity index (χ1) is 13.4. The van der Waals surface area contributed by atoms with E-state index >= 15 is 0 Å². The molecule has 3 amide bonds. The molecule has 1 aliphatic rings. The van der Waals surface area contributed by atoms with Gasteiger partial charge in [0.15, 0.2) is 0 Å². The SMILES string of the molecule is Cc1ccc(/C=C2\SC(=O)N(CCNC(=O)c3c(F)cccc3Cl)C2=O)cc1. The predicted octanol–water partition coefficient (Wildman–Crippen LogP) is 4.25. The van der Waals surface area contributed by atoms with Crippen LogP contribution in [0.15, 0.2) is 47.4 Å². The van der Waals surface area contributed by atoms with Crippen LogP contribution in [0.2, 0.25) is 5.02 Å². The number of nitrogens with one attached hydrogen (secondary N) is 1. The zero-order valence-corrected chi connectivity index (χ0v) is 16.4. The number of nitrogens with zero attached hydrogens (tertiary/aromatic N) is 1. The van der Waals surface area contributed by atoms with Crippen LogP contribution in [0.3, 0.4) is 0 Å².